The summed E-state index contributed by atoms with van der Waals surface area (Å²) in [5, 5.41) is 20.4. The van der Waals surface area contributed by atoms with Gasteiger partial charge in [0.1, 0.15) is 5.69 Å². The molecule has 1 amide bonds. The normalized spacial score (nSPS) is 10.5. The average Bonchev–Trinajstić information content (AvgIpc) is 3.15. The van der Waals surface area contributed by atoms with Crippen LogP contribution in [0, 0.1) is 11.3 Å². The van der Waals surface area contributed by atoms with Crippen LogP contribution >= 0.6 is 0 Å². The third-order valence-corrected chi connectivity index (χ3v) is 3.91. The van der Waals surface area contributed by atoms with E-state index in [2.05, 4.69) is 27.0 Å². The number of nitrogens with one attached hydrogen (secondary N) is 2. The maximum atomic E-state index is 12.0. The van der Waals surface area contributed by atoms with Gasteiger partial charge in [-0.2, -0.15) is 15.5 Å². The van der Waals surface area contributed by atoms with E-state index in [4.69, 9.17) is 5.26 Å². The molecule has 0 aliphatic carbocycles. The number of rotatable bonds is 8. The average molecular weight is 372 g/mol. The van der Waals surface area contributed by atoms with Gasteiger partial charge in [0.25, 0.3) is 5.91 Å². The van der Waals surface area contributed by atoms with Crippen LogP contribution in [0.4, 0.5) is 5.69 Å². The van der Waals surface area contributed by atoms with Crippen molar-refractivity contribution in [1.29, 1.82) is 5.26 Å². The van der Waals surface area contributed by atoms with Gasteiger partial charge in [0.2, 0.25) is 0 Å². The molecular formula is C21H20N6O. The van der Waals surface area contributed by atoms with Gasteiger partial charge in [0.15, 0.2) is 0 Å². The molecule has 0 unspecified atom stereocenters. The molecule has 1 heterocycles. The standard InChI is InChI=1S/C21H20N6O/c22-12-7-13-27-16-18(21(26-27)17-8-3-1-4-9-17)14-24-25-20(28)15-23-19-10-5-2-6-11-19/h1-6,8-11,14,16,23H,7,13,15H2,(H,25,28)/b24-14-. The summed E-state index contributed by atoms with van der Waals surface area (Å²) in [6.07, 6.45) is 3.75. The lowest BCUT2D eigenvalue weighted by Gasteiger charge is -2.04. The Morgan fingerprint density at radius 2 is 1.86 bits per heavy atom. The summed E-state index contributed by atoms with van der Waals surface area (Å²) in [5.74, 6) is -0.252. The molecule has 0 aliphatic heterocycles. The first kappa shape index (κ1) is 18.9. The highest BCUT2D eigenvalue weighted by Crippen LogP contribution is 2.20. The molecule has 0 bridgehead atoms. The molecule has 1 aromatic heterocycles. The van der Waals surface area contributed by atoms with Crippen molar-refractivity contribution < 1.29 is 4.79 Å². The Labute approximate surface area is 163 Å². The summed E-state index contributed by atoms with van der Waals surface area (Å²) >= 11 is 0. The molecule has 7 nitrogen and oxygen atoms in total. The molecule has 0 saturated heterocycles. The third kappa shape index (κ3) is 5.29. The number of aromatic nitrogens is 2. The highest BCUT2D eigenvalue weighted by atomic mass is 16.2. The van der Waals surface area contributed by atoms with E-state index in [0.29, 0.717) is 13.0 Å². The van der Waals surface area contributed by atoms with Gasteiger partial charge in [-0.1, -0.05) is 48.5 Å². The highest BCUT2D eigenvalue weighted by Gasteiger charge is 2.09. The zero-order valence-electron chi connectivity index (χ0n) is 15.2. The smallest absolute Gasteiger partial charge is 0.259 e. The van der Waals surface area contributed by atoms with Gasteiger partial charge < -0.3 is 5.32 Å². The molecule has 3 aromatic rings. The van der Waals surface area contributed by atoms with Crippen molar-refractivity contribution in [2.45, 2.75) is 13.0 Å². The predicted molar refractivity (Wildman–Crippen MR) is 109 cm³/mol. The molecule has 28 heavy (non-hydrogen) atoms. The van der Waals surface area contributed by atoms with Crippen LogP contribution in [0.15, 0.2) is 72.0 Å². The van der Waals surface area contributed by atoms with Crippen LogP contribution in [0.1, 0.15) is 12.0 Å². The fourth-order valence-electron chi connectivity index (χ4n) is 2.58. The zero-order chi connectivity index (χ0) is 19.6. The number of hydrogen-bond donors (Lipinski definition) is 2. The Morgan fingerprint density at radius 1 is 1.14 bits per heavy atom. The number of carbonyl (C=O) groups is 1. The fraction of sp³-hybridized carbons (Fsp3) is 0.143. The maximum absolute atomic E-state index is 12.0. The summed E-state index contributed by atoms with van der Waals surface area (Å²) < 4.78 is 1.71. The van der Waals surface area contributed by atoms with Gasteiger partial charge in [0, 0.05) is 23.0 Å². The van der Waals surface area contributed by atoms with Crippen molar-refractivity contribution in [3.05, 3.63) is 72.4 Å². The van der Waals surface area contributed by atoms with Gasteiger partial charge in [-0.3, -0.25) is 9.48 Å². The molecule has 3 rings (SSSR count). The van der Waals surface area contributed by atoms with E-state index in [-0.39, 0.29) is 12.5 Å². The van der Waals surface area contributed by atoms with E-state index in [0.717, 1.165) is 22.5 Å². The van der Waals surface area contributed by atoms with Crippen LogP contribution in [0.25, 0.3) is 11.3 Å². The van der Waals surface area contributed by atoms with Gasteiger partial charge in [0.05, 0.1) is 31.8 Å². The zero-order valence-corrected chi connectivity index (χ0v) is 15.2. The van der Waals surface area contributed by atoms with E-state index < -0.39 is 0 Å². The molecule has 0 spiro atoms. The summed E-state index contributed by atoms with van der Waals surface area (Å²) in [5.41, 5.74) is 5.83. The van der Waals surface area contributed by atoms with Crippen LogP contribution in [0.5, 0.6) is 0 Å². The number of nitrogens with zero attached hydrogens (tertiary/aromatic N) is 4. The third-order valence-electron chi connectivity index (χ3n) is 3.91. The number of benzene rings is 2. The lowest BCUT2D eigenvalue weighted by atomic mass is 10.1. The van der Waals surface area contributed by atoms with Crippen molar-refractivity contribution >= 4 is 17.8 Å². The molecule has 0 aliphatic rings. The highest BCUT2D eigenvalue weighted by molar-refractivity contribution is 5.89. The van der Waals surface area contributed by atoms with Gasteiger partial charge in [-0.15, -0.1) is 0 Å². The topological polar surface area (TPSA) is 95.1 Å². The second kappa shape index (κ2) is 9.69. The first-order valence-electron chi connectivity index (χ1n) is 8.87. The van der Waals surface area contributed by atoms with E-state index in [1.165, 1.54) is 0 Å². The maximum Gasteiger partial charge on any atom is 0.259 e. The lowest BCUT2D eigenvalue weighted by Crippen LogP contribution is -2.25. The predicted octanol–water partition coefficient (Wildman–Crippen LogP) is 3.03. The molecule has 140 valence electrons. The van der Waals surface area contributed by atoms with Crippen LogP contribution in [0.2, 0.25) is 0 Å². The van der Waals surface area contributed by atoms with Gasteiger partial charge >= 0.3 is 0 Å². The van der Waals surface area contributed by atoms with Crippen molar-refractivity contribution in [3.63, 3.8) is 0 Å². The molecule has 7 heteroatoms. The molecule has 0 saturated carbocycles. The molecule has 0 atom stereocenters. The largest absolute Gasteiger partial charge is 0.376 e. The van der Waals surface area contributed by atoms with E-state index in [1.807, 2.05) is 66.9 Å². The number of nitriles is 1. The Bertz CT molecular complexity index is 973. The number of hydrogen-bond acceptors (Lipinski definition) is 5. The van der Waals surface area contributed by atoms with Gasteiger partial charge in [-0.05, 0) is 12.1 Å². The first-order valence-corrected chi connectivity index (χ1v) is 8.87. The van der Waals surface area contributed by atoms with Crippen molar-refractivity contribution in [1.82, 2.24) is 15.2 Å². The molecule has 0 fully saturated rings. The van der Waals surface area contributed by atoms with Crippen molar-refractivity contribution in [3.8, 4) is 17.3 Å². The minimum absolute atomic E-state index is 0.119. The fourth-order valence-corrected chi connectivity index (χ4v) is 2.58. The number of para-hydroxylation sites is 1. The Hall–Kier alpha value is -3.92. The van der Waals surface area contributed by atoms with Crippen LogP contribution in [-0.4, -0.2) is 28.4 Å². The molecular weight excluding hydrogens is 352 g/mol. The van der Waals surface area contributed by atoms with Crippen LogP contribution in [0.3, 0.4) is 0 Å². The minimum Gasteiger partial charge on any atom is -0.376 e. The van der Waals surface area contributed by atoms with Crippen LogP contribution in [-0.2, 0) is 11.3 Å². The summed E-state index contributed by atoms with van der Waals surface area (Å²) in [4.78, 5) is 12.0. The number of amides is 1. The lowest BCUT2D eigenvalue weighted by molar-refractivity contribution is -0.119. The van der Waals surface area contributed by atoms with Crippen molar-refractivity contribution in [2.75, 3.05) is 11.9 Å². The number of aryl methyl sites for hydroxylation is 1. The second-order valence-corrected chi connectivity index (χ2v) is 5.98. The number of anilines is 1. The Morgan fingerprint density at radius 3 is 2.57 bits per heavy atom. The quantitative estimate of drug-likeness (QED) is 0.469. The molecule has 2 N–H and O–H groups in total. The minimum atomic E-state index is -0.252. The monoisotopic (exact) mass is 372 g/mol. The summed E-state index contributed by atoms with van der Waals surface area (Å²) in [6.45, 7) is 0.617. The van der Waals surface area contributed by atoms with E-state index in [1.54, 1.807) is 10.9 Å². The second-order valence-electron chi connectivity index (χ2n) is 5.98. The van der Waals surface area contributed by atoms with Crippen LogP contribution < -0.4 is 10.7 Å². The molecule has 0 radical (unpaired) electrons. The first-order chi connectivity index (χ1) is 13.8. The van der Waals surface area contributed by atoms with Crippen molar-refractivity contribution in [2.24, 2.45) is 5.10 Å². The van der Waals surface area contributed by atoms with E-state index >= 15 is 0 Å². The Balaban J connectivity index is 1.65. The summed E-state index contributed by atoms with van der Waals surface area (Å²) in [6, 6.07) is 21.3. The number of carbonyl (C=O) groups excluding carboxylic acids is 1. The molecule has 2 aromatic carbocycles. The SMILES string of the molecule is N#CCCn1cc(/C=N\NC(=O)CNc2ccccc2)c(-c2ccccc2)n1. The van der Waals surface area contributed by atoms with Gasteiger partial charge in [-0.25, -0.2) is 5.43 Å². The summed E-state index contributed by atoms with van der Waals surface area (Å²) in [7, 11) is 0. The van der Waals surface area contributed by atoms with E-state index in [9.17, 15) is 4.79 Å². The number of hydrazone groups is 1. The Kier molecular flexibility index (Phi) is 6.53.